The fourth-order valence-electron chi connectivity index (χ4n) is 2.45. The third kappa shape index (κ3) is 5.25. The molecule has 0 bridgehead atoms. The Morgan fingerprint density at radius 1 is 1.45 bits per heavy atom. The second-order valence-corrected chi connectivity index (χ2v) is 5.40. The molecule has 114 valence electrons. The molecule has 2 unspecified atom stereocenters. The van der Waals surface area contributed by atoms with E-state index >= 15 is 0 Å². The summed E-state index contributed by atoms with van der Waals surface area (Å²) >= 11 is 0. The Morgan fingerprint density at radius 3 is 2.95 bits per heavy atom. The molecule has 0 radical (unpaired) electrons. The lowest BCUT2D eigenvalue weighted by Crippen LogP contribution is -2.41. The van der Waals surface area contributed by atoms with E-state index in [2.05, 4.69) is 12.2 Å². The Hall–Kier alpha value is -0.880. The molecule has 2 heterocycles. The van der Waals surface area contributed by atoms with Crippen LogP contribution >= 0.6 is 0 Å². The van der Waals surface area contributed by atoms with E-state index in [9.17, 15) is 5.11 Å². The van der Waals surface area contributed by atoms with Crippen LogP contribution in [0, 0.1) is 5.92 Å². The number of ether oxygens (including phenoxy) is 2. The Morgan fingerprint density at radius 2 is 2.25 bits per heavy atom. The predicted octanol–water partition coefficient (Wildman–Crippen LogP) is 1.56. The molecule has 5 heteroatoms. The summed E-state index contributed by atoms with van der Waals surface area (Å²) in [4.78, 5) is 0. The number of nitrogens with one attached hydrogen (secondary N) is 1. The maximum absolute atomic E-state index is 9.88. The van der Waals surface area contributed by atoms with Crippen molar-refractivity contribution >= 4 is 0 Å². The number of hydrogen-bond acceptors (Lipinski definition) is 5. The molecule has 1 aromatic heterocycles. The normalized spacial score (nSPS) is 19.9. The van der Waals surface area contributed by atoms with Gasteiger partial charge in [0.25, 0.3) is 0 Å². The predicted molar refractivity (Wildman–Crippen MR) is 75.4 cm³/mol. The van der Waals surface area contributed by atoms with E-state index in [0.717, 1.165) is 31.8 Å². The summed E-state index contributed by atoms with van der Waals surface area (Å²) in [6, 6.07) is 4.09. The van der Waals surface area contributed by atoms with Gasteiger partial charge in [-0.3, -0.25) is 0 Å². The maximum Gasteiger partial charge on any atom is 0.129 e. The summed E-state index contributed by atoms with van der Waals surface area (Å²) in [5.41, 5.74) is 0. The van der Waals surface area contributed by atoms with Crippen molar-refractivity contribution in [2.24, 2.45) is 5.92 Å². The molecule has 1 fully saturated rings. The number of aliphatic hydroxyl groups is 1. The van der Waals surface area contributed by atoms with E-state index < -0.39 is 6.10 Å². The minimum Gasteiger partial charge on any atom is -0.467 e. The second kappa shape index (κ2) is 8.42. The Balaban J connectivity index is 1.55. The highest BCUT2D eigenvalue weighted by atomic mass is 16.5. The lowest BCUT2D eigenvalue weighted by atomic mass is 9.93. The minimum atomic E-state index is -0.493. The van der Waals surface area contributed by atoms with Gasteiger partial charge >= 0.3 is 0 Å². The van der Waals surface area contributed by atoms with Crippen LogP contribution in [0.15, 0.2) is 22.8 Å². The first-order valence-electron chi connectivity index (χ1n) is 7.35. The first kappa shape index (κ1) is 15.5. The van der Waals surface area contributed by atoms with E-state index in [0.29, 0.717) is 31.7 Å². The molecular weight excluding hydrogens is 258 g/mol. The Labute approximate surface area is 120 Å². The lowest BCUT2D eigenvalue weighted by Gasteiger charge is -2.29. The van der Waals surface area contributed by atoms with Gasteiger partial charge in [-0.1, -0.05) is 0 Å². The van der Waals surface area contributed by atoms with Crippen molar-refractivity contribution in [2.75, 3.05) is 26.4 Å². The zero-order valence-corrected chi connectivity index (χ0v) is 12.1. The number of furan rings is 1. The summed E-state index contributed by atoms with van der Waals surface area (Å²) in [5.74, 6) is 1.42. The van der Waals surface area contributed by atoms with E-state index in [-0.39, 0.29) is 0 Å². The van der Waals surface area contributed by atoms with Crippen molar-refractivity contribution in [3.63, 3.8) is 0 Å². The number of aliphatic hydroxyl groups excluding tert-OH is 1. The average Bonchev–Trinajstić information content (AvgIpc) is 2.99. The van der Waals surface area contributed by atoms with Crippen LogP contribution in [0.5, 0.6) is 0 Å². The van der Waals surface area contributed by atoms with Crippen molar-refractivity contribution in [3.8, 4) is 0 Å². The molecular formula is C15H25NO4. The maximum atomic E-state index is 9.88. The molecule has 2 atom stereocenters. The molecule has 0 spiro atoms. The van der Waals surface area contributed by atoms with Crippen molar-refractivity contribution in [3.05, 3.63) is 24.2 Å². The second-order valence-electron chi connectivity index (χ2n) is 5.40. The highest BCUT2D eigenvalue weighted by Gasteiger charge is 2.20. The number of rotatable bonds is 8. The number of hydrogen-bond donors (Lipinski definition) is 2. The van der Waals surface area contributed by atoms with Gasteiger partial charge in [-0.25, -0.2) is 0 Å². The average molecular weight is 283 g/mol. The first-order chi connectivity index (χ1) is 9.75. The van der Waals surface area contributed by atoms with Gasteiger partial charge in [0.05, 0.1) is 19.0 Å². The van der Waals surface area contributed by atoms with Crippen molar-refractivity contribution in [2.45, 2.75) is 38.5 Å². The smallest absolute Gasteiger partial charge is 0.129 e. The van der Waals surface area contributed by atoms with Gasteiger partial charge in [-0.05, 0) is 37.8 Å². The van der Waals surface area contributed by atoms with E-state index in [4.69, 9.17) is 13.9 Å². The molecule has 5 nitrogen and oxygen atoms in total. The molecule has 1 saturated heterocycles. The fraction of sp³-hybridized carbons (Fsp3) is 0.733. The van der Waals surface area contributed by atoms with E-state index in [1.807, 2.05) is 12.1 Å². The van der Waals surface area contributed by atoms with Crippen molar-refractivity contribution in [1.29, 1.82) is 0 Å². The zero-order chi connectivity index (χ0) is 14.2. The highest BCUT2D eigenvalue weighted by Crippen LogP contribution is 2.18. The van der Waals surface area contributed by atoms with Gasteiger partial charge < -0.3 is 24.3 Å². The summed E-state index contributed by atoms with van der Waals surface area (Å²) < 4.78 is 15.9. The summed E-state index contributed by atoms with van der Waals surface area (Å²) in [6.45, 7) is 5.15. The fourth-order valence-corrected chi connectivity index (χ4v) is 2.45. The first-order valence-corrected chi connectivity index (χ1v) is 7.35. The third-order valence-electron chi connectivity index (χ3n) is 3.78. The van der Waals surface area contributed by atoms with Crippen LogP contribution in [0.2, 0.25) is 0 Å². The molecule has 0 aromatic carbocycles. The standard InChI is InChI=1S/C15H25NO4/c1-12(13-4-7-18-8-5-13)16-9-14(17)10-19-11-15-3-2-6-20-15/h2-3,6,12-14,16-17H,4-5,7-11H2,1H3. The molecule has 1 aliphatic rings. The largest absolute Gasteiger partial charge is 0.467 e. The van der Waals surface area contributed by atoms with Gasteiger partial charge in [0, 0.05) is 25.8 Å². The topological polar surface area (TPSA) is 63.9 Å². The van der Waals surface area contributed by atoms with Crippen LogP contribution in [-0.4, -0.2) is 43.6 Å². The van der Waals surface area contributed by atoms with Crippen LogP contribution in [0.3, 0.4) is 0 Å². The quantitative estimate of drug-likeness (QED) is 0.758. The lowest BCUT2D eigenvalue weighted by molar-refractivity contribution is 0.0177. The van der Waals surface area contributed by atoms with Crippen molar-refractivity contribution < 1.29 is 19.0 Å². The van der Waals surface area contributed by atoms with E-state index in [1.54, 1.807) is 6.26 Å². The van der Waals surface area contributed by atoms with Crippen LogP contribution in [-0.2, 0) is 16.1 Å². The molecule has 2 N–H and O–H groups in total. The molecule has 20 heavy (non-hydrogen) atoms. The van der Waals surface area contributed by atoms with Gasteiger partial charge in [0.2, 0.25) is 0 Å². The van der Waals surface area contributed by atoms with Gasteiger partial charge in [0.15, 0.2) is 0 Å². The SMILES string of the molecule is CC(NCC(O)COCc1ccco1)C1CCOCC1. The molecule has 1 aromatic rings. The summed E-state index contributed by atoms with van der Waals surface area (Å²) in [5, 5.41) is 13.3. The Bertz CT molecular complexity index is 349. The molecule has 2 rings (SSSR count). The highest BCUT2D eigenvalue weighted by molar-refractivity contribution is 4.96. The Kier molecular flexibility index (Phi) is 6.53. The monoisotopic (exact) mass is 283 g/mol. The van der Waals surface area contributed by atoms with E-state index in [1.165, 1.54) is 0 Å². The van der Waals surface area contributed by atoms with Gasteiger partial charge in [0.1, 0.15) is 12.4 Å². The molecule has 0 aliphatic carbocycles. The van der Waals surface area contributed by atoms with Crippen LogP contribution in [0.1, 0.15) is 25.5 Å². The zero-order valence-electron chi connectivity index (χ0n) is 12.1. The van der Waals surface area contributed by atoms with Gasteiger partial charge in [-0.15, -0.1) is 0 Å². The summed E-state index contributed by atoms with van der Waals surface area (Å²) in [6.07, 6.45) is 3.32. The molecule has 0 saturated carbocycles. The van der Waals surface area contributed by atoms with Gasteiger partial charge in [-0.2, -0.15) is 0 Å². The third-order valence-corrected chi connectivity index (χ3v) is 3.78. The minimum absolute atomic E-state index is 0.314. The summed E-state index contributed by atoms with van der Waals surface area (Å²) in [7, 11) is 0. The van der Waals surface area contributed by atoms with Crippen LogP contribution < -0.4 is 5.32 Å². The van der Waals surface area contributed by atoms with Crippen LogP contribution in [0.25, 0.3) is 0 Å². The molecule has 0 amide bonds. The van der Waals surface area contributed by atoms with Crippen LogP contribution in [0.4, 0.5) is 0 Å². The van der Waals surface area contributed by atoms with Crippen molar-refractivity contribution in [1.82, 2.24) is 5.32 Å². The molecule has 1 aliphatic heterocycles.